The van der Waals surface area contributed by atoms with Gasteiger partial charge < -0.3 is 0 Å². The second kappa shape index (κ2) is 3.66. The molecule has 0 aliphatic heterocycles. The average molecular weight is 176 g/mol. The first-order valence-electron chi connectivity index (χ1n) is 2.80. The fraction of sp³-hybridized carbons (Fsp3) is 0.333. The second-order valence-corrected chi connectivity index (χ2v) is 4.52. The van der Waals surface area contributed by atoms with Crippen molar-refractivity contribution in [3.05, 3.63) is 10.8 Å². The van der Waals surface area contributed by atoms with Crippen LogP contribution in [0.1, 0.15) is 0 Å². The van der Waals surface area contributed by atoms with E-state index in [-0.39, 0.29) is 0 Å². The van der Waals surface area contributed by atoms with Crippen LogP contribution in [0.4, 0.5) is 0 Å². The topological polar surface area (TPSA) is 0 Å². The Labute approximate surface area is 63.6 Å². The lowest BCUT2D eigenvalue weighted by Crippen LogP contribution is -2.07. The first kappa shape index (κ1) is 7.66. The Morgan fingerprint density at radius 2 is 1.56 bits per heavy atom. The molecule has 0 N–H and O–H groups in total. The molecule has 0 bridgehead atoms. The van der Waals surface area contributed by atoms with Crippen LogP contribution in [0.3, 0.4) is 0 Å². The van der Waals surface area contributed by atoms with Crippen molar-refractivity contribution < 1.29 is 0 Å². The van der Waals surface area contributed by atoms with Crippen LogP contribution in [0.15, 0.2) is 10.8 Å². The lowest BCUT2D eigenvalue weighted by atomic mass is 10.7. The van der Waals surface area contributed by atoms with Crippen molar-refractivity contribution in [1.29, 1.82) is 0 Å². The lowest BCUT2D eigenvalue weighted by molar-refractivity contribution is 2.25. The minimum atomic E-state index is 0.977. The molecule has 1 aromatic rings. The Balaban J connectivity index is 2.85. The Hall–Kier alpha value is 0.560. The molecular formula is C6H10P2S. The summed E-state index contributed by atoms with van der Waals surface area (Å²) in [7, 11) is 1.95. The van der Waals surface area contributed by atoms with Gasteiger partial charge >= 0.3 is 0 Å². The maximum Gasteiger partial charge on any atom is -0.00125 e. The van der Waals surface area contributed by atoms with E-state index in [0.717, 1.165) is 17.2 Å². The van der Waals surface area contributed by atoms with Crippen molar-refractivity contribution in [3.8, 4) is 0 Å². The summed E-state index contributed by atoms with van der Waals surface area (Å²) in [6.07, 6.45) is 0. The van der Waals surface area contributed by atoms with Crippen LogP contribution in [0.5, 0.6) is 0 Å². The van der Waals surface area contributed by atoms with Crippen molar-refractivity contribution in [2.75, 3.05) is 13.3 Å². The minimum Gasteiger partial charge on any atom is -0.151 e. The summed E-state index contributed by atoms with van der Waals surface area (Å²) in [5.74, 6) is 0. The van der Waals surface area contributed by atoms with Crippen molar-refractivity contribution in [2.45, 2.75) is 0 Å². The molecule has 9 heavy (non-hydrogen) atoms. The van der Waals surface area contributed by atoms with E-state index in [9.17, 15) is 0 Å². The van der Waals surface area contributed by atoms with Crippen LogP contribution >= 0.6 is 28.5 Å². The summed E-state index contributed by atoms with van der Waals surface area (Å²) in [5, 5.41) is 7.68. The molecule has 50 valence electrons. The molecule has 0 saturated carbocycles. The summed E-state index contributed by atoms with van der Waals surface area (Å²) in [6, 6.07) is 0. The summed E-state index contributed by atoms with van der Waals surface area (Å²) in [4.78, 5) is 0. The molecule has 0 saturated heterocycles. The molecule has 0 radical (unpaired) electrons. The molecule has 1 heterocycles. The van der Waals surface area contributed by atoms with E-state index in [1.165, 1.54) is 0 Å². The van der Waals surface area contributed by atoms with Crippen LogP contribution in [0.2, 0.25) is 0 Å². The SMILES string of the molecule is CPc1cscc1PC. The third kappa shape index (κ3) is 1.74. The van der Waals surface area contributed by atoms with Crippen LogP contribution < -0.4 is 10.6 Å². The summed E-state index contributed by atoms with van der Waals surface area (Å²) in [6.45, 7) is 4.48. The van der Waals surface area contributed by atoms with Gasteiger partial charge in [0, 0.05) is 0 Å². The van der Waals surface area contributed by atoms with Gasteiger partial charge in [-0.15, -0.1) is 0 Å². The first-order chi connectivity index (χ1) is 4.38. The third-order valence-electron chi connectivity index (χ3n) is 1.20. The number of hydrogen-bond acceptors (Lipinski definition) is 1. The van der Waals surface area contributed by atoms with Gasteiger partial charge in [0.2, 0.25) is 0 Å². The van der Waals surface area contributed by atoms with Crippen molar-refractivity contribution in [2.24, 2.45) is 0 Å². The molecule has 0 aromatic carbocycles. The number of hydrogen-bond donors (Lipinski definition) is 0. The molecule has 0 aliphatic rings. The first-order valence-corrected chi connectivity index (χ1v) is 6.74. The Morgan fingerprint density at radius 1 is 1.11 bits per heavy atom. The molecule has 3 heteroatoms. The maximum atomic E-state index is 2.27. The van der Waals surface area contributed by atoms with Gasteiger partial charge in [-0.2, -0.15) is 11.3 Å². The van der Waals surface area contributed by atoms with Gasteiger partial charge in [-0.1, -0.05) is 17.2 Å². The Morgan fingerprint density at radius 3 is 1.89 bits per heavy atom. The molecule has 2 atom stereocenters. The van der Waals surface area contributed by atoms with Gasteiger partial charge in [0.15, 0.2) is 0 Å². The predicted molar refractivity (Wildman–Crippen MR) is 52.1 cm³/mol. The molecule has 2 unspecified atom stereocenters. The standard InChI is InChI=1S/C6H10P2S/c1-7-5-3-9-4-6(5)8-2/h3-4,7-8H,1-2H3. The normalized spacial score (nSPS) is 12.7. The molecule has 0 spiro atoms. The second-order valence-electron chi connectivity index (χ2n) is 1.70. The van der Waals surface area contributed by atoms with Gasteiger partial charge in [-0.05, 0) is 34.7 Å². The van der Waals surface area contributed by atoms with Gasteiger partial charge in [0.05, 0.1) is 0 Å². The molecule has 0 amide bonds. The maximum absolute atomic E-state index is 2.27. The summed E-state index contributed by atoms with van der Waals surface area (Å²) in [5.41, 5.74) is 0. The largest absolute Gasteiger partial charge is 0.151 e. The molecule has 0 nitrogen and oxygen atoms in total. The number of thiophene rings is 1. The highest BCUT2D eigenvalue weighted by Crippen LogP contribution is 2.12. The summed E-state index contributed by atoms with van der Waals surface area (Å²) < 4.78 is 0. The van der Waals surface area contributed by atoms with E-state index in [0.29, 0.717) is 0 Å². The van der Waals surface area contributed by atoms with Crippen molar-refractivity contribution >= 4 is 39.1 Å². The monoisotopic (exact) mass is 176 g/mol. The van der Waals surface area contributed by atoms with Crippen LogP contribution in [-0.4, -0.2) is 13.3 Å². The molecule has 1 rings (SSSR count). The zero-order chi connectivity index (χ0) is 6.69. The highest BCUT2D eigenvalue weighted by atomic mass is 32.1. The van der Waals surface area contributed by atoms with Gasteiger partial charge in [0.1, 0.15) is 0 Å². The van der Waals surface area contributed by atoms with E-state index in [1.807, 2.05) is 11.3 Å². The Bertz CT molecular complexity index is 164. The molecule has 0 aliphatic carbocycles. The van der Waals surface area contributed by atoms with E-state index in [2.05, 4.69) is 24.1 Å². The number of rotatable bonds is 2. The fourth-order valence-electron chi connectivity index (χ4n) is 0.684. The predicted octanol–water partition coefficient (Wildman–Crippen LogP) is 1.62. The Kier molecular flexibility index (Phi) is 3.12. The van der Waals surface area contributed by atoms with Gasteiger partial charge in [-0.25, -0.2) is 0 Å². The van der Waals surface area contributed by atoms with Gasteiger partial charge in [0.25, 0.3) is 0 Å². The molecular weight excluding hydrogens is 166 g/mol. The zero-order valence-electron chi connectivity index (χ0n) is 5.56. The lowest BCUT2D eigenvalue weighted by Gasteiger charge is -1.93. The van der Waals surface area contributed by atoms with E-state index >= 15 is 0 Å². The molecule has 0 fully saturated rings. The fourth-order valence-corrected chi connectivity index (χ4v) is 4.27. The van der Waals surface area contributed by atoms with E-state index in [4.69, 9.17) is 0 Å². The average Bonchev–Trinajstić information content (AvgIpc) is 2.33. The van der Waals surface area contributed by atoms with Crippen LogP contribution in [-0.2, 0) is 0 Å². The highest BCUT2D eigenvalue weighted by molar-refractivity contribution is 7.54. The van der Waals surface area contributed by atoms with Crippen LogP contribution in [0, 0.1) is 0 Å². The van der Waals surface area contributed by atoms with E-state index in [1.54, 1.807) is 10.6 Å². The van der Waals surface area contributed by atoms with Crippen molar-refractivity contribution in [1.82, 2.24) is 0 Å². The minimum absolute atomic E-state index is 0.977. The highest BCUT2D eigenvalue weighted by Gasteiger charge is 1.96. The van der Waals surface area contributed by atoms with E-state index < -0.39 is 0 Å². The zero-order valence-corrected chi connectivity index (χ0v) is 8.38. The van der Waals surface area contributed by atoms with Crippen LogP contribution in [0.25, 0.3) is 0 Å². The molecule has 1 aromatic heterocycles. The smallest absolute Gasteiger partial charge is 0.00125 e. The van der Waals surface area contributed by atoms with Crippen molar-refractivity contribution in [3.63, 3.8) is 0 Å². The van der Waals surface area contributed by atoms with Gasteiger partial charge in [-0.3, -0.25) is 0 Å². The summed E-state index contributed by atoms with van der Waals surface area (Å²) >= 11 is 1.83. The quantitative estimate of drug-likeness (QED) is 0.600. The third-order valence-corrected chi connectivity index (χ3v) is 4.52.